The molecule has 13 heavy (non-hydrogen) atoms. The smallest absolute Gasteiger partial charge is 0.296 e. The van der Waals surface area contributed by atoms with Crippen LogP contribution >= 0.6 is 0 Å². The van der Waals surface area contributed by atoms with Crippen molar-refractivity contribution in [3.8, 4) is 0 Å². The summed E-state index contributed by atoms with van der Waals surface area (Å²) in [5.41, 5.74) is 0. The Morgan fingerprint density at radius 3 is 2.62 bits per heavy atom. The van der Waals surface area contributed by atoms with Crippen LogP contribution in [0.15, 0.2) is 11.9 Å². The van der Waals surface area contributed by atoms with Crippen LogP contribution in [0.4, 0.5) is 17.6 Å². The Balaban J connectivity index is 2.27. The molecule has 0 aromatic rings. The monoisotopic (exact) mass is 197 g/mol. The van der Waals surface area contributed by atoms with Gasteiger partial charge >= 0.3 is 6.18 Å². The zero-order chi connectivity index (χ0) is 9.90. The van der Waals surface area contributed by atoms with Gasteiger partial charge in [0, 0.05) is 19.6 Å². The van der Waals surface area contributed by atoms with Crippen molar-refractivity contribution in [2.24, 2.45) is 0 Å². The van der Waals surface area contributed by atoms with E-state index < -0.39 is 12.6 Å². The Morgan fingerprint density at radius 2 is 2.08 bits per heavy atom. The van der Waals surface area contributed by atoms with Crippen molar-refractivity contribution in [3.63, 3.8) is 0 Å². The number of alkyl halides is 3. The first-order valence-electron chi connectivity index (χ1n) is 4.11. The third-order valence-electron chi connectivity index (χ3n) is 1.90. The molecular weight excluding hydrogens is 186 g/mol. The van der Waals surface area contributed by atoms with Gasteiger partial charge in [-0.05, 0) is 6.42 Å². The third kappa shape index (κ3) is 4.26. The van der Waals surface area contributed by atoms with Gasteiger partial charge in [0.1, 0.15) is 5.83 Å². The second kappa shape index (κ2) is 4.09. The van der Waals surface area contributed by atoms with Crippen LogP contribution in [-0.4, -0.2) is 30.7 Å². The molecule has 1 rings (SSSR count). The van der Waals surface area contributed by atoms with Crippen molar-refractivity contribution in [2.45, 2.75) is 19.0 Å². The van der Waals surface area contributed by atoms with Gasteiger partial charge in [-0.15, -0.1) is 0 Å². The highest BCUT2D eigenvalue weighted by Crippen LogP contribution is 2.21. The standard InChI is InChI=1S/C8H11F4N/c9-7-2-1-4-13(6-7)5-3-8(10,11)12/h2H,1,3-6H2. The average molecular weight is 197 g/mol. The van der Waals surface area contributed by atoms with E-state index in [4.69, 9.17) is 0 Å². The minimum atomic E-state index is -4.14. The van der Waals surface area contributed by atoms with Gasteiger partial charge < -0.3 is 0 Å². The summed E-state index contributed by atoms with van der Waals surface area (Å²) in [6, 6.07) is 0. The van der Waals surface area contributed by atoms with Crippen LogP contribution in [0.3, 0.4) is 0 Å². The van der Waals surface area contributed by atoms with Crippen LogP contribution in [0, 0.1) is 0 Å². The summed E-state index contributed by atoms with van der Waals surface area (Å²) in [5.74, 6) is -0.326. The van der Waals surface area contributed by atoms with E-state index in [1.54, 1.807) is 0 Å². The van der Waals surface area contributed by atoms with Crippen LogP contribution in [0.1, 0.15) is 12.8 Å². The predicted molar refractivity (Wildman–Crippen MR) is 40.9 cm³/mol. The quantitative estimate of drug-likeness (QED) is 0.615. The van der Waals surface area contributed by atoms with Crippen molar-refractivity contribution < 1.29 is 17.6 Å². The first-order valence-corrected chi connectivity index (χ1v) is 4.11. The van der Waals surface area contributed by atoms with E-state index in [2.05, 4.69) is 0 Å². The minimum Gasteiger partial charge on any atom is -0.296 e. The molecule has 1 aliphatic heterocycles. The lowest BCUT2D eigenvalue weighted by Gasteiger charge is -2.24. The fourth-order valence-corrected chi connectivity index (χ4v) is 1.24. The maximum absolute atomic E-state index is 12.6. The molecule has 0 radical (unpaired) electrons. The summed E-state index contributed by atoms with van der Waals surface area (Å²) >= 11 is 0. The molecule has 0 atom stereocenters. The Morgan fingerprint density at radius 1 is 1.38 bits per heavy atom. The molecule has 0 amide bonds. The van der Waals surface area contributed by atoms with Gasteiger partial charge in [-0.2, -0.15) is 13.2 Å². The molecule has 76 valence electrons. The fraction of sp³-hybridized carbons (Fsp3) is 0.750. The van der Waals surface area contributed by atoms with Crippen molar-refractivity contribution in [3.05, 3.63) is 11.9 Å². The Kier molecular flexibility index (Phi) is 3.30. The molecule has 0 aromatic heterocycles. The molecule has 1 nitrogen and oxygen atoms in total. The molecule has 0 bridgehead atoms. The molecule has 0 saturated carbocycles. The number of rotatable bonds is 2. The summed E-state index contributed by atoms with van der Waals surface area (Å²) in [6.07, 6.45) is -3.08. The van der Waals surface area contributed by atoms with Gasteiger partial charge in [0.25, 0.3) is 0 Å². The van der Waals surface area contributed by atoms with Crippen molar-refractivity contribution in [1.82, 2.24) is 4.90 Å². The Bertz CT molecular complexity index is 197. The molecule has 0 aromatic carbocycles. The van der Waals surface area contributed by atoms with Gasteiger partial charge in [0.05, 0.1) is 6.42 Å². The first-order chi connectivity index (χ1) is 5.97. The second-order valence-corrected chi connectivity index (χ2v) is 3.08. The van der Waals surface area contributed by atoms with Gasteiger partial charge in [-0.25, -0.2) is 4.39 Å². The molecule has 5 heteroatoms. The van der Waals surface area contributed by atoms with Crippen LogP contribution < -0.4 is 0 Å². The van der Waals surface area contributed by atoms with Gasteiger partial charge in [0.2, 0.25) is 0 Å². The average Bonchev–Trinajstić information content (AvgIpc) is 2.00. The number of hydrogen-bond acceptors (Lipinski definition) is 1. The number of halogens is 4. The first kappa shape index (κ1) is 10.5. The molecular formula is C8H11F4N. The molecule has 0 spiro atoms. The molecule has 0 fully saturated rings. The van der Waals surface area contributed by atoms with Crippen LogP contribution in [0.2, 0.25) is 0 Å². The Labute approximate surface area is 74.0 Å². The van der Waals surface area contributed by atoms with E-state index in [1.807, 2.05) is 0 Å². The highest BCUT2D eigenvalue weighted by atomic mass is 19.4. The van der Waals surface area contributed by atoms with E-state index in [0.717, 1.165) is 0 Å². The normalized spacial score (nSPS) is 20.2. The minimum absolute atomic E-state index is 0.0239. The maximum atomic E-state index is 12.6. The van der Waals surface area contributed by atoms with Gasteiger partial charge in [0.15, 0.2) is 0 Å². The maximum Gasteiger partial charge on any atom is 0.390 e. The summed E-state index contributed by atoms with van der Waals surface area (Å²) in [6.45, 7) is 0.435. The topological polar surface area (TPSA) is 3.24 Å². The highest BCUT2D eigenvalue weighted by Gasteiger charge is 2.28. The molecule has 1 heterocycles. The molecule has 1 aliphatic rings. The molecule has 0 saturated heterocycles. The van der Waals surface area contributed by atoms with Gasteiger partial charge in [-0.1, -0.05) is 6.08 Å². The van der Waals surface area contributed by atoms with Crippen LogP contribution in [-0.2, 0) is 0 Å². The third-order valence-corrected chi connectivity index (χ3v) is 1.90. The summed E-state index contributed by atoms with van der Waals surface area (Å²) in [4.78, 5) is 1.48. The summed E-state index contributed by atoms with van der Waals surface area (Å²) in [7, 11) is 0. The summed E-state index contributed by atoms with van der Waals surface area (Å²) < 4.78 is 47.9. The second-order valence-electron chi connectivity index (χ2n) is 3.08. The van der Waals surface area contributed by atoms with E-state index >= 15 is 0 Å². The van der Waals surface area contributed by atoms with Crippen molar-refractivity contribution in [2.75, 3.05) is 19.6 Å². The van der Waals surface area contributed by atoms with Gasteiger partial charge in [-0.3, -0.25) is 4.90 Å². The predicted octanol–water partition coefficient (Wildman–Crippen LogP) is 2.50. The number of hydrogen-bond donors (Lipinski definition) is 0. The zero-order valence-electron chi connectivity index (χ0n) is 7.07. The van der Waals surface area contributed by atoms with Crippen LogP contribution in [0.25, 0.3) is 0 Å². The molecule has 0 unspecified atom stereocenters. The highest BCUT2D eigenvalue weighted by molar-refractivity contribution is 4.99. The van der Waals surface area contributed by atoms with Crippen molar-refractivity contribution in [1.29, 1.82) is 0 Å². The lowest BCUT2D eigenvalue weighted by Crippen LogP contribution is -2.32. The van der Waals surface area contributed by atoms with E-state index in [0.29, 0.717) is 13.0 Å². The number of nitrogens with zero attached hydrogens (tertiary/aromatic N) is 1. The lowest BCUT2D eigenvalue weighted by atomic mass is 10.2. The Hall–Kier alpha value is -0.580. The van der Waals surface area contributed by atoms with Crippen molar-refractivity contribution >= 4 is 0 Å². The van der Waals surface area contributed by atoms with E-state index in [9.17, 15) is 17.6 Å². The fourth-order valence-electron chi connectivity index (χ4n) is 1.24. The van der Waals surface area contributed by atoms with E-state index in [-0.39, 0.29) is 18.9 Å². The zero-order valence-corrected chi connectivity index (χ0v) is 7.07. The van der Waals surface area contributed by atoms with Crippen LogP contribution in [0.5, 0.6) is 0 Å². The lowest BCUT2D eigenvalue weighted by molar-refractivity contribution is -0.137. The summed E-state index contributed by atoms with van der Waals surface area (Å²) in [5, 5.41) is 0. The SMILES string of the molecule is FC1=CCCN(CCC(F)(F)F)C1. The molecule has 0 N–H and O–H groups in total. The van der Waals surface area contributed by atoms with E-state index in [1.165, 1.54) is 11.0 Å². The largest absolute Gasteiger partial charge is 0.390 e. The molecule has 0 aliphatic carbocycles.